The van der Waals surface area contributed by atoms with Gasteiger partial charge < -0.3 is 20.4 Å². The van der Waals surface area contributed by atoms with Gasteiger partial charge in [-0.15, -0.1) is 0 Å². The molecule has 0 unspecified atom stereocenters. The Balaban J connectivity index is 0.000001000. The standard InChI is InChI=1S/C7H14O3.H2O/c1-7(2)3-5(9)6(4-8)10-7;/h5-6,8-9H,3-4H2,1-2H3;1H2/t5-,6-;/m1./s1. The summed E-state index contributed by atoms with van der Waals surface area (Å²) in [6, 6.07) is 0. The van der Waals surface area contributed by atoms with Crippen LogP contribution in [0.2, 0.25) is 0 Å². The molecule has 1 rings (SSSR count). The summed E-state index contributed by atoms with van der Waals surface area (Å²) in [7, 11) is 0. The maximum Gasteiger partial charge on any atom is 0.107 e. The SMILES string of the molecule is CC1(C)C[C@@H](O)[C@@H](CO)O1.O. The highest BCUT2D eigenvalue weighted by Crippen LogP contribution is 2.29. The summed E-state index contributed by atoms with van der Waals surface area (Å²) in [4.78, 5) is 0. The van der Waals surface area contributed by atoms with E-state index in [0.29, 0.717) is 6.42 Å². The van der Waals surface area contributed by atoms with Crippen LogP contribution in [0.1, 0.15) is 20.3 Å². The van der Waals surface area contributed by atoms with E-state index < -0.39 is 6.10 Å². The molecule has 0 radical (unpaired) electrons. The average Bonchev–Trinajstić information content (AvgIpc) is 2.05. The highest BCUT2D eigenvalue weighted by atomic mass is 16.5. The minimum absolute atomic E-state index is 0. The highest BCUT2D eigenvalue weighted by molar-refractivity contribution is 4.87. The molecular formula is C7H16O4. The van der Waals surface area contributed by atoms with Crippen molar-refractivity contribution in [2.45, 2.75) is 38.1 Å². The van der Waals surface area contributed by atoms with E-state index in [1.165, 1.54) is 0 Å². The van der Waals surface area contributed by atoms with Crippen LogP contribution in [0, 0.1) is 0 Å². The number of ether oxygens (including phenoxy) is 1. The van der Waals surface area contributed by atoms with Crippen LogP contribution in [0.4, 0.5) is 0 Å². The molecule has 0 aliphatic carbocycles. The van der Waals surface area contributed by atoms with Gasteiger partial charge in [0.2, 0.25) is 0 Å². The zero-order chi connectivity index (χ0) is 7.78. The van der Waals surface area contributed by atoms with Crippen molar-refractivity contribution in [3.05, 3.63) is 0 Å². The van der Waals surface area contributed by atoms with Crippen molar-refractivity contribution in [1.29, 1.82) is 0 Å². The van der Waals surface area contributed by atoms with Gasteiger partial charge in [0.05, 0.1) is 18.3 Å². The summed E-state index contributed by atoms with van der Waals surface area (Å²) in [6.07, 6.45) is -0.270. The topological polar surface area (TPSA) is 81.2 Å². The molecular weight excluding hydrogens is 148 g/mol. The molecule has 11 heavy (non-hydrogen) atoms. The van der Waals surface area contributed by atoms with Crippen LogP contribution in [-0.4, -0.2) is 40.1 Å². The summed E-state index contributed by atoms with van der Waals surface area (Å²) < 4.78 is 5.31. The smallest absolute Gasteiger partial charge is 0.107 e. The van der Waals surface area contributed by atoms with Crippen LogP contribution in [0.5, 0.6) is 0 Å². The van der Waals surface area contributed by atoms with Gasteiger partial charge in [0.15, 0.2) is 0 Å². The molecule has 0 bridgehead atoms. The third kappa shape index (κ3) is 2.41. The Morgan fingerprint density at radius 2 is 2.09 bits per heavy atom. The first-order chi connectivity index (χ1) is 4.55. The molecule has 0 aromatic carbocycles. The Morgan fingerprint density at radius 1 is 1.55 bits per heavy atom. The van der Waals surface area contributed by atoms with E-state index in [1.807, 2.05) is 13.8 Å². The molecule has 1 heterocycles. The summed E-state index contributed by atoms with van der Waals surface area (Å²) in [5.41, 5.74) is -0.271. The molecule has 68 valence electrons. The molecule has 1 aliphatic rings. The van der Waals surface area contributed by atoms with Gasteiger partial charge in [0.1, 0.15) is 6.10 Å². The first-order valence-corrected chi connectivity index (χ1v) is 3.52. The molecule has 0 aromatic rings. The van der Waals surface area contributed by atoms with Gasteiger partial charge in [0, 0.05) is 6.42 Å². The number of aliphatic hydroxyl groups is 2. The van der Waals surface area contributed by atoms with E-state index in [-0.39, 0.29) is 23.8 Å². The monoisotopic (exact) mass is 164 g/mol. The third-order valence-corrected chi connectivity index (χ3v) is 1.78. The van der Waals surface area contributed by atoms with E-state index in [2.05, 4.69) is 0 Å². The number of hydrogen-bond acceptors (Lipinski definition) is 3. The highest BCUT2D eigenvalue weighted by Gasteiger charge is 2.38. The molecule has 0 aromatic heterocycles. The van der Waals surface area contributed by atoms with Crippen LogP contribution < -0.4 is 0 Å². The lowest BCUT2D eigenvalue weighted by atomic mass is 10.0. The molecule has 0 amide bonds. The van der Waals surface area contributed by atoms with Gasteiger partial charge in [-0.2, -0.15) is 0 Å². The van der Waals surface area contributed by atoms with E-state index >= 15 is 0 Å². The van der Waals surface area contributed by atoms with E-state index in [4.69, 9.17) is 9.84 Å². The van der Waals surface area contributed by atoms with Gasteiger partial charge >= 0.3 is 0 Å². The van der Waals surface area contributed by atoms with Gasteiger partial charge in [-0.25, -0.2) is 0 Å². The van der Waals surface area contributed by atoms with Crippen molar-refractivity contribution in [1.82, 2.24) is 0 Å². The van der Waals surface area contributed by atoms with E-state index in [1.54, 1.807) is 0 Å². The fourth-order valence-electron chi connectivity index (χ4n) is 1.33. The Bertz CT molecular complexity index is 124. The zero-order valence-electron chi connectivity index (χ0n) is 6.87. The van der Waals surface area contributed by atoms with Gasteiger partial charge in [0.25, 0.3) is 0 Å². The van der Waals surface area contributed by atoms with Crippen LogP contribution in [-0.2, 0) is 4.74 Å². The average molecular weight is 164 g/mol. The summed E-state index contributed by atoms with van der Waals surface area (Å²) in [5, 5.41) is 17.9. The van der Waals surface area contributed by atoms with Crippen LogP contribution in [0.25, 0.3) is 0 Å². The van der Waals surface area contributed by atoms with Crippen molar-refractivity contribution in [2.75, 3.05) is 6.61 Å². The first kappa shape index (κ1) is 10.8. The van der Waals surface area contributed by atoms with Crippen LogP contribution in [0.3, 0.4) is 0 Å². The second-order valence-corrected chi connectivity index (χ2v) is 3.37. The predicted molar refractivity (Wildman–Crippen MR) is 40.3 cm³/mol. The van der Waals surface area contributed by atoms with Gasteiger partial charge in [-0.3, -0.25) is 0 Å². The number of hydrogen-bond donors (Lipinski definition) is 2. The third-order valence-electron chi connectivity index (χ3n) is 1.78. The van der Waals surface area contributed by atoms with Crippen molar-refractivity contribution in [3.63, 3.8) is 0 Å². The minimum atomic E-state index is -0.500. The van der Waals surface area contributed by atoms with Crippen molar-refractivity contribution >= 4 is 0 Å². The normalized spacial score (nSPS) is 34.9. The second-order valence-electron chi connectivity index (χ2n) is 3.37. The molecule has 2 atom stereocenters. The molecule has 0 spiro atoms. The molecule has 4 nitrogen and oxygen atoms in total. The second kappa shape index (κ2) is 3.49. The largest absolute Gasteiger partial charge is 0.412 e. The summed E-state index contributed by atoms with van der Waals surface area (Å²) in [6.45, 7) is 3.72. The molecule has 0 saturated carbocycles. The van der Waals surface area contributed by atoms with Gasteiger partial charge in [-0.05, 0) is 13.8 Å². The Morgan fingerprint density at radius 3 is 2.27 bits per heavy atom. The summed E-state index contributed by atoms with van der Waals surface area (Å²) >= 11 is 0. The Hall–Kier alpha value is -0.160. The lowest BCUT2D eigenvalue weighted by Gasteiger charge is -2.17. The zero-order valence-corrected chi connectivity index (χ0v) is 6.87. The predicted octanol–water partition coefficient (Wildman–Crippen LogP) is -0.918. The van der Waals surface area contributed by atoms with Crippen molar-refractivity contribution < 1.29 is 20.4 Å². The number of rotatable bonds is 1. The first-order valence-electron chi connectivity index (χ1n) is 3.52. The molecule has 4 heteroatoms. The Kier molecular flexibility index (Phi) is 3.44. The quantitative estimate of drug-likeness (QED) is 0.526. The molecule has 1 fully saturated rings. The molecule has 4 N–H and O–H groups in total. The summed E-state index contributed by atoms with van der Waals surface area (Å²) in [5.74, 6) is 0. The molecule has 1 saturated heterocycles. The van der Waals surface area contributed by atoms with Crippen molar-refractivity contribution in [2.24, 2.45) is 0 Å². The number of aliphatic hydroxyl groups excluding tert-OH is 2. The fourth-order valence-corrected chi connectivity index (χ4v) is 1.33. The fraction of sp³-hybridized carbons (Fsp3) is 1.00. The maximum atomic E-state index is 9.24. The van der Waals surface area contributed by atoms with E-state index in [9.17, 15) is 5.11 Å². The lowest BCUT2D eigenvalue weighted by Crippen LogP contribution is -2.25. The van der Waals surface area contributed by atoms with Crippen molar-refractivity contribution in [3.8, 4) is 0 Å². The maximum absolute atomic E-state index is 9.24. The Labute approximate surface area is 66.1 Å². The lowest BCUT2D eigenvalue weighted by molar-refractivity contribution is -0.0553. The van der Waals surface area contributed by atoms with Crippen LogP contribution in [0.15, 0.2) is 0 Å². The van der Waals surface area contributed by atoms with E-state index in [0.717, 1.165) is 0 Å². The molecule has 1 aliphatic heterocycles. The van der Waals surface area contributed by atoms with Crippen LogP contribution >= 0.6 is 0 Å². The van der Waals surface area contributed by atoms with Gasteiger partial charge in [-0.1, -0.05) is 0 Å². The minimum Gasteiger partial charge on any atom is -0.412 e.